The third-order valence-corrected chi connectivity index (χ3v) is 5.06. The molecule has 2 rings (SSSR count). The number of thioether (sulfide) groups is 1. The highest BCUT2D eigenvalue weighted by atomic mass is 32.2. The van der Waals surface area contributed by atoms with Gasteiger partial charge in [0.05, 0.1) is 4.87 Å². The van der Waals surface area contributed by atoms with Gasteiger partial charge in [-0.05, 0) is 12.3 Å². The second-order valence-corrected chi connectivity index (χ2v) is 6.78. The van der Waals surface area contributed by atoms with Crippen LogP contribution in [0.2, 0.25) is 0 Å². The highest BCUT2D eigenvalue weighted by molar-refractivity contribution is 8.00. The first-order valence-electron chi connectivity index (χ1n) is 6.18. The molecule has 0 aliphatic carbocycles. The van der Waals surface area contributed by atoms with Crippen molar-refractivity contribution in [2.24, 2.45) is 5.92 Å². The maximum absolute atomic E-state index is 11.4. The second-order valence-electron chi connectivity index (χ2n) is 5.33. The average Bonchev–Trinajstić information content (AvgIpc) is 2.76. The van der Waals surface area contributed by atoms with E-state index in [0.717, 1.165) is 19.5 Å². The maximum Gasteiger partial charge on any atom is 0.219 e. The highest BCUT2D eigenvalue weighted by Crippen LogP contribution is 2.43. The average molecular weight is 242 g/mol. The van der Waals surface area contributed by atoms with E-state index >= 15 is 0 Å². The first kappa shape index (κ1) is 12.2. The van der Waals surface area contributed by atoms with Crippen LogP contribution in [0.4, 0.5) is 0 Å². The summed E-state index contributed by atoms with van der Waals surface area (Å²) in [6.07, 6.45) is 1.14. The molecule has 1 amide bonds. The van der Waals surface area contributed by atoms with Gasteiger partial charge in [-0.3, -0.25) is 9.69 Å². The molecule has 2 aliphatic heterocycles. The lowest BCUT2D eigenvalue weighted by Crippen LogP contribution is -2.46. The summed E-state index contributed by atoms with van der Waals surface area (Å²) in [5, 5.41) is 0. The summed E-state index contributed by atoms with van der Waals surface area (Å²) in [4.78, 5) is 16.3. The van der Waals surface area contributed by atoms with Crippen molar-refractivity contribution in [3.05, 3.63) is 0 Å². The number of carbonyl (C=O) groups is 1. The first-order chi connectivity index (χ1) is 7.53. The molecule has 1 spiro atoms. The largest absolute Gasteiger partial charge is 0.340 e. The second kappa shape index (κ2) is 4.57. The lowest BCUT2D eigenvalue weighted by atomic mass is 10.1. The normalized spacial score (nSPS) is 30.9. The summed E-state index contributed by atoms with van der Waals surface area (Å²) in [6, 6.07) is 0. The Balaban J connectivity index is 2.04. The summed E-state index contributed by atoms with van der Waals surface area (Å²) in [6.45, 7) is 10.5. The number of nitrogens with zero attached hydrogens (tertiary/aromatic N) is 2. The van der Waals surface area contributed by atoms with Crippen molar-refractivity contribution >= 4 is 17.7 Å². The number of amides is 1. The molecule has 0 radical (unpaired) electrons. The van der Waals surface area contributed by atoms with E-state index in [-0.39, 0.29) is 10.8 Å². The number of hydrogen-bond acceptors (Lipinski definition) is 3. The molecule has 4 heteroatoms. The van der Waals surface area contributed by atoms with Gasteiger partial charge in [0.1, 0.15) is 0 Å². The summed E-state index contributed by atoms with van der Waals surface area (Å²) in [5.74, 6) is 2.16. The van der Waals surface area contributed by atoms with E-state index in [1.807, 2.05) is 4.90 Å². The molecule has 2 heterocycles. The van der Waals surface area contributed by atoms with Crippen LogP contribution >= 0.6 is 11.8 Å². The Kier molecular flexibility index (Phi) is 3.50. The van der Waals surface area contributed by atoms with E-state index in [4.69, 9.17) is 0 Å². The van der Waals surface area contributed by atoms with Crippen molar-refractivity contribution < 1.29 is 4.79 Å². The van der Waals surface area contributed by atoms with Crippen LogP contribution in [0, 0.1) is 5.92 Å². The molecule has 92 valence electrons. The quantitative estimate of drug-likeness (QED) is 0.735. The zero-order valence-electron chi connectivity index (χ0n) is 10.5. The van der Waals surface area contributed by atoms with Crippen molar-refractivity contribution in [3.8, 4) is 0 Å². The molecule has 0 N–H and O–H groups in total. The van der Waals surface area contributed by atoms with Crippen LogP contribution in [-0.2, 0) is 4.79 Å². The molecule has 1 unspecified atom stereocenters. The Hall–Kier alpha value is -0.220. The summed E-state index contributed by atoms with van der Waals surface area (Å²) in [5.41, 5.74) is 0. The Morgan fingerprint density at radius 1 is 1.44 bits per heavy atom. The molecule has 0 saturated carbocycles. The Morgan fingerprint density at radius 2 is 2.19 bits per heavy atom. The first-order valence-corrected chi connectivity index (χ1v) is 7.16. The van der Waals surface area contributed by atoms with Crippen LogP contribution in [0.15, 0.2) is 0 Å². The minimum absolute atomic E-state index is 0.230. The molecular weight excluding hydrogens is 220 g/mol. The summed E-state index contributed by atoms with van der Waals surface area (Å²) < 4.78 is 0. The van der Waals surface area contributed by atoms with Crippen LogP contribution in [0.1, 0.15) is 27.2 Å². The summed E-state index contributed by atoms with van der Waals surface area (Å²) in [7, 11) is 0. The van der Waals surface area contributed by atoms with Gasteiger partial charge < -0.3 is 4.90 Å². The highest BCUT2D eigenvalue weighted by Gasteiger charge is 2.47. The Labute approximate surface area is 103 Å². The molecule has 1 atom stereocenters. The van der Waals surface area contributed by atoms with Crippen molar-refractivity contribution in [1.29, 1.82) is 0 Å². The number of rotatable bonds is 2. The molecule has 0 aromatic carbocycles. The third kappa shape index (κ3) is 2.23. The van der Waals surface area contributed by atoms with Crippen molar-refractivity contribution in [3.63, 3.8) is 0 Å². The van der Waals surface area contributed by atoms with Gasteiger partial charge in [-0.25, -0.2) is 0 Å². The van der Waals surface area contributed by atoms with E-state index in [1.165, 1.54) is 18.8 Å². The van der Waals surface area contributed by atoms with E-state index in [9.17, 15) is 4.79 Å². The van der Waals surface area contributed by atoms with Crippen molar-refractivity contribution in [1.82, 2.24) is 9.80 Å². The molecule has 0 bridgehead atoms. The van der Waals surface area contributed by atoms with Crippen molar-refractivity contribution in [2.75, 3.05) is 31.9 Å². The molecule has 16 heavy (non-hydrogen) atoms. The Bertz CT molecular complexity index is 282. The predicted octanol–water partition coefficient (Wildman–Crippen LogP) is 1.64. The number of hydrogen-bond donors (Lipinski definition) is 0. The third-order valence-electron chi connectivity index (χ3n) is 3.55. The zero-order valence-corrected chi connectivity index (χ0v) is 11.3. The van der Waals surface area contributed by atoms with Gasteiger partial charge in [0.25, 0.3) is 0 Å². The number of carbonyl (C=O) groups excluding carboxylic acids is 1. The van der Waals surface area contributed by atoms with Gasteiger partial charge in [0, 0.05) is 38.9 Å². The van der Waals surface area contributed by atoms with E-state index in [1.54, 1.807) is 6.92 Å². The van der Waals surface area contributed by atoms with Gasteiger partial charge in [-0.1, -0.05) is 13.8 Å². The van der Waals surface area contributed by atoms with Crippen molar-refractivity contribution in [2.45, 2.75) is 32.1 Å². The molecule has 2 fully saturated rings. The fourth-order valence-corrected chi connectivity index (χ4v) is 4.27. The molecule has 2 aliphatic rings. The SMILES string of the molecule is CC(=O)N1CCC2(C1)SCCN2CC(C)C. The minimum atomic E-state index is 0.230. The fraction of sp³-hybridized carbons (Fsp3) is 0.917. The van der Waals surface area contributed by atoms with Gasteiger partial charge >= 0.3 is 0 Å². The topological polar surface area (TPSA) is 23.6 Å². The fourth-order valence-electron chi connectivity index (χ4n) is 2.75. The molecule has 3 nitrogen and oxygen atoms in total. The van der Waals surface area contributed by atoms with Crippen LogP contribution in [-0.4, -0.2) is 52.5 Å². The van der Waals surface area contributed by atoms with E-state index in [2.05, 4.69) is 30.5 Å². The van der Waals surface area contributed by atoms with E-state index in [0.29, 0.717) is 5.92 Å². The molecular formula is C12H22N2OS. The molecule has 0 aromatic rings. The van der Waals surface area contributed by atoms with Crippen LogP contribution in [0.25, 0.3) is 0 Å². The number of likely N-dealkylation sites (tertiary alicyclic amines) is 1. The van der Waals surface area contributed by atoms with Gasteiger partial charge in [-0.2, -0.15) is 0 Å². The predicted molar refractivity (Wildman–Crippen MR) is 68.5 cm³/mol. The van der Waals surface area contributed by atoms with Gasteiger partial charge in [-0.15, -0.1) is 11.8 Å². The van der Waals surface area contributed by atoms with Crippen LogP contribution in [0.5, 0.6) is 0 Å². The Morgan fingerprint density at radius 3 is 2.75 bits per heavy atom. The van der Waals surface area contributed by atoms with Crippen LogP contribution in [0.3, 0.4) is 0 Å². The lowest BCUT2D eigenvalue weighted by molar-refractivity contribution is -0.128. The molecule has 0 aromatic heterocycles. The standard InChI is InChI=1S/C12H22N2OS/c1-10(2)8-14-6-7-16-12(14)4-5-13(9-12)11(3)15/h10H,4-9H2,1-3H3. The lowest BCUT2D eigenvalue weighted by Gasteiger charge is -2.35. The monoisotopic (exact) mass is 242 g/mol. The zero-order chi connectivity index (χ0) is 11.8. The minimum Gasteiger partial charge on any atom is -0.340 e. The van der Waals surface area contributed by atoms with Gasteiger partial charge in [0.2, 0.25) is 5.91 Å². The molecule has 2 saturated heterocycles. The smallest absolute Gasteiger partial charge is 0.219 e. The maximum atomic E-state index is 11.4. The van der Waals surface area contributed by atoms with Gasteiger partial charge in [0.15, 0.2) is 0 Å². The van der Waals surface area contributed by atoms with E-state index < -0.39 is 0 Å². The summed E-state index contributed by atoms with van der Waals surface area (Å²) >= 11 is 2.06. The van der Waals surface area contributed by atoms with Crippen LogP contribution < -0.4 is 0 Å².